The summed E-state index contributed by atoms with van der Waals surface area (Å²) in [6.07, 6.45) is 10.8. The minimum Gasteiger partial charge on any atom is -0.478 e. The van der Waals surface area contributed by atoms with Gasteiger partial charge in [-0.15, -0.1) is 0 Å². The molecule has 1 aliphatic heterocycles. The normalized spacial score (nSPS) is 18.1. The zero-order chi connectivity index (χ0) is 25.8. The lowest BCUT2D eigenvalue weighted by molar-refractivity contribution is -0.122. The predicted octanol–water partition coefficient (Wildman–Crippen LogP) is 5.62. The summed E-state index contributed by atoms with van der Waals surface area (Å²) in [6.45, 7) is 4.87. The molecule has 1 saturated heterocycles. The molecule has 1 atom stereocenters. The highest BCUT2D eigenvalue weighted by Gasteiger charge is 2.26. The van der Waals surface area contributed by atoms with Crippen molar-refractivity contribution in [2.45, 2.75) is 76.8 Å². The van der Waals surface area contributed by atoms with Crippen LogP contribution in [0.3, 0.4) is 0 Å². The first-order valence-corrected chi connectivity index (χ1v) is 13.9. The third-order valence-electron chi connectivity index (χ3n) is 8.25. The van der Waals surface area contributed by atoms with Crippen molar-refractivity contribution in [1.82, 2.24) is 15.2 Å². The number of carbonyl (C=O) groups excluding carboxylic acids is 1. The Balaban J connectivity index is 1.54. The minimum absolute atomic E-state index is 0.0565. The number of carboxylic acids is 1. The third-order valence-corrected chi connectivity index (χ3v) is 8.25. The molecular weight excluding hydrogens is 462 g/mol. The molecule has 0 bridgehead atoms. The standard InChI is InChI=1S/C31H39N3O3/c1-21-6-5-9-23(16-21)26(18-30(35)33-25-12-14-32-15-13-25)28-20-34(19-22-7-3-2-4-8-22)29-11-10-24(31(36)37)17-27(28)29/h5-6,9-11,16-17,20,22,25-26,32H,2-4,7-8,12-15,18-19H2,1H3,(H,33,35)(H,36,37). The van der Waals surface area contributed by atoms with Crippen LogP contribution in [0, 0.1) is 12.8 Å². The molecule has 2 aliphatic rings. The molecule has 1 unspecified atom stereocenters. The van der Waals surface area contributed by atoms with E-state index in [2.05, 4.69) is 46.5 Å². The third kappa shape index (κ3) is 6.07. The van der Waals surface area contributed by atoms with E-state index in [0.717, 1.165) is 60.1 Å². The van der Waals surface area contributed by atoms with Gasteiger partial charge in [0.15, 0.2) is 0 Å². The Labute approximate surface area is 219 Å². The Morgan fingerprint density at radius 3 is 2.57 bits per heavy atom. The van der Waals surface area contributed by atoms with Gasteiger partial charge >= 0.3 is 5.97 Å². The number of fused-ring (bicyclic) bond motifs is 1. The van der Waals surface area contributed by atoms with E-state index in [9.17, 15) is 14.7 Å². The lowest BCUT2D eigenvalue weighted by atomic mass is 9.87. The van der Waals surface area contributed by atoms with Crippen molar-refractivity contribution in [1.29, 1.82) is 0 Å². The highest BCUT2D eigenvalue weighted by Crippen LogP contribution is 2.37. The van der Waals surface area contributed by atoms with Crippen LogP contribution in [-0.4, -0.2) is 40.7 Å². The van der Waals surface area contributed by atoms with Crippen LogP contribution in [0.25, 0.3) is 10.9 Å². The van der Waals surface area contributed by atoms with Crippen molar-refractivity contribution in [3.8, 4) is 0 Å². The fraction of sp³-hybridized carbons (Fsp3) is 0.484. The van der Waals surface area contributed by atoms with Crippen molar-refractivity contribution < 1.29 is 14.7 Å². The number of rotatable bonds is 8. The fourth-order valence-electron chi connectivity index (χ4n) is 6.27. The Morgan fingerprint density at radius 2 is 1.84 bits per heavy atom. The van der Waals surface area contributed by atoms with Crippen molar-refractivity contribution in [3.63, 3.8) is 0 Å². The maximum atomic E-state index is 13.4. The first kappa shape index (κ1) is 25.5. The number of aromatic carboxylic acids is 1. The van der Waals surface area contributed by atoms with E-state index in [1.54, 1.807) is 12.1 Å². The van der Waals surface area contributed by atoms with Gasteiger partial charge in [-0.1, -0.05) is 49.1 Å². The van der Waals surface area contributed by atoms with Crippen LogP contribution in [0.1, 0.15) is 84.3 Å². The number of amides is 1. The molecule has 3 aromatic rings. The molecule has 5 rings (SSSR count). The molecule has 2 aromatic carbocycles. The lowest BCUT2D eigenvalue weighted by Gasteiger charge is -2.25. The van der Waals surface area contributed by atoms with E-state index >= 15 is 0 Å². The van der Waals surface area contributed by atoms with E-state index in [1.165, 1.54) is 32.1 Å². The fourth-order valence-corrected chi connectivity index (χ4v) is 6.27. The molecule has 2 heterocycles. The number of nitrogens with zero attached hydrogens (tertiary/aromatic N) is 1. The van der Waals surface area contributed by atoms with Crippen LogP contribution in [0.4, 0.5) is 0 Å². The topological polar surface area (TPSA) is 83.4 Å². The van der Waals surface area contributed by atoms with Crippen LogP contribution in [-0.2, 0) is 11.3 Å². The second-order valence-corrected chi connectivity index (χ2v) is 11.0. The number of carboxylic acid groups (broad SMARTS) is 1. The van der Waals surface area contributed by atoms with Crippen molar-refractivity contribution in [2.75, 3.05) is 13.1 Å². The van der Waals surface area contributed by atoms with Gasteiger partial charge in [0.05, 0.1) is 5.56 Å². The molecule has 196 valence electrons. The molecule has 6 heteroatoms. The lowest BCUT2D eigenvalue weighted by Crippen LogP contribution is -2.43. The Morgan fingerprint density at radius 1 is 1.05 bits per heavy atom. The van der Waals surface area contributed by atoms with Gasteiger partial charge in [0.25, 0.3) is 0 Å². The first-order chi connectivity index (χ1) is 18.0. The van der Waals surface area contributed by atoms with Gasteiger partial charge in [0.1, 0.15) is 0 Å². The van der Waals surface area contributed by atoms with Crippen molar-refractivity contribution in [2.24, 2.45) is 5.92 Å². The predicted molar refractivity (Wildman–Crippen MR) is 147 cm³/mol. The average Bonchev–Trinajstić information content (AvgIpc) is 3.25. The Hall–Kier alpha value is -3.12. The van der Waals surface area contributed by atoms with Gasteiger partial charge in [-0.3, -0.25) is 4.79 Å². The number of carbonyl (C=O) groups is 2. The second kappa shape index (κ2) is 11.5. The number of nitrogens with one attached hydrogen (secondary N) is 2. The molecule has 0 radical (unpaired) electrons. The van der Waals surface area contributed by atoms with E-state index < -0.39 is 5.97 Å². The van der Waals surface area contributed by atoms with Gasteiger partial charge in [0, 0.05) is 42.0 Å². The SMILES string of the molecule is Cc1cccc(C(CC(=O)NC2CCNCC2)c2cn(CC3CCCCC3)c3ccc(C(=O)O)cc23)c1. The van der Waals surface area contributed by atoms with Crippen LogP contribution in [0.5, 0.6) is 0 Å². The summed E-state index contributed by atoms with van der Waals surface area (Å²) < 4.78 is 2.32. The van der Waals surface area contributed by atoms with Crippen molar-refractivity contribution in [3.05, 3.63) is 70.9 Å². The Bertz CT molecular complexity index is 1250. The highest BCUT2D eigenvalue weighted by molar-refractivity contribution is 5.95. The summed E-state index contributed by atoms with van der Waals surface area (Å²) in [7, 11) is 0. The molecule has 0 spiro atoms. The van der Waals surface area contributed by atoms with Crippen LogP contribution >= 0.6 is 0 Å². The van der Waals surface area contributed by atoms with Gasteiger partial charge in [0.2, 0.25) is 5.91 Å². The zero-order valence-electron chi connectivity index (χ0n) is 21.8. The summed E-state index contributed by atoms with van der Waals surface area (Å²) in [5.74, 6) is -0.387. The molecule has 2 fully saturated rings. The summed E-state index contributed by atoms with van der Waals surface area (Å²) in [5, 5.41) is 17.3. The number of piperidine rings is 1. The highest BCUT2D eigenvalue weighted by atomic mass is 16.4. The maximum Gasteiger partial charge on any atom is 0.335 e. The summed E-state index contributed by atoms with van der Waals surface area (Å²) in [4.78, 5) is 25.2. The largest absolute Gasteiger partial charge is 0.478 e. The number of benzene rings is 2. The quantitative estimate of drug-likeness (QED) is 0.374. The molecular formula is C31H39N3O3. The number of aromatic nitrogens is 1. The molecule has 1 aliphatic carbocycles. The average molecular weight is 502 g/mol. The van der Waals surface area contributed by atoms with Gasteiger partial charge < -0.3 is 20.3 Å². The molecule has 3 N–H and O–H groups in total. The number of hydrogen-bond acceptors (Lipinski definition) is 3. The first-order valence-electron chi connectivity index (χ1n) is 13.9. The second-order valence-electron chi connectivity index (χ2n) is 11.0. The van der Waals surface area contributed by atoms with Crippen LogP contribution < -0.4 is 10.6 Å². The van der Waals surface area contributed by atoms with Crippen LogP contribution in [0.2, 0.25) is 0 Å². The van der Waals surface area contributed by atoms with Crippen molar-refractivity contribution >= 4 is 22.8 Å². The molecule has 1 saturated carbocycles. The molecule has 6 nitrogen and oxygen atoms in total. The molecule has 37 heavy (non-hydrogen) atoms. The summed E-state index contributed by atoms with van der Waals surface area (Å²) in [5.41, 5.74) is 4.63. The van der Waals surface area contributed by atoms with E-state index in [1.807, 2.05) is 12.1 Å². The monoisotopic (exact) mass is 501 g/mol. The van der Waals surface area contributed by atoms with Gasteiger partial charge in [-0.05, 0) is 80.9 Å². The Kier molecular flexibility index (Phi) is 7.94. The van der Waals surface area contributed by atoms with Crippen LogP contribution in [0.15, 0.2) is 48.7 Å². The van der Waals surface area contributed by atoms with Gasteiger partial charge in [-0.25, -0.2) is 4.79 Å². The maximum absolute atomic E-state index is 13.4. The zero-order valence-corrected chi connectivity index (χ0v) is 21.8. The van der Waals surface area contributed by atoms with Gasteiger partial charge in [-0.2, -0.15) is 0 Å². The minimum atomic E-state index is -0.927. The smallest absolute Gasteiger partial charge is 0.335 e. The summed E-state index contributed by atoms with van der Waals surface area (Å²) >= 11 is 0. The number of aryl methyl sites for hydroxylation is 1. The number of hydrogen-bond donors (Lipinski definition) is 3. The van der Waals surface area contributed by atoms with E-state index in [4.69, 9.17) is 0 Å². The molecule has 1 amide bonds. The van der Waals surface area contributed by atoms with E-state index in [-0.39, 0.29) is 23.4 Å². The summed E-state index contributed by atoms with van der Waals surface area (Å²) in [6, 6.07) is 14.0. The molecule has 1 aromatic heterocycles. The van der Waals surface area contributed by atoms with E-state index in [0.29, 0.717) is 12.3 Å².